The molecule has 0 heterocycles. The maximum atomic E-state index is 9.49. The van der Waals surface area contributed by atoms with E-state index in [-0.39, 0.29) is 6.10 Å². The summed E-state index contributed by atoms with van der Waals surface area (Å²) in [4.78, 5) is 0. The van der Waals surface area contributed by atoms with E-state index in [2.05, 4.69) is 19.1 Å². The van der Waals surface area contributed by atoms with Crippen LogP contribution < -0.4 is 0 Å². The minimum Gasteiger partial charge on any atom is -0.393 e. The van der Waals surface area contributed by atoms with Crippen molar-refractivity contribution < 1.29 is 5.11 Å². The average molecular weight is 168 g/mol. The summed E-state index contributed by atoms with van der Waals surface area (Å²) in [7, 11) is 0. The van der Waals surface area contributed by atoms with Gasteiger partial charge in [-0.2, -0.15) is 0 Å². The molecule has 0 spiro atoms. The minimum absolute atomic E-state index is 0.0529. The molecule has 2 atom stereocenters. The van der Waals surface area contributed by atoms with Crippen molar-refractivity contribution in [2.75, 3.05) is 0 Å². The molecule has 1 aliphatic carbocycles. The van der Waals surface area contributed by atoms with Gasteiger partial charge in [-0.1, -0.05) is 38.3 Å². The van der Waals surface area contributed by atoms with Crippen molar-refractivity contribution in [2.24, 2.45) is 5.92 Å². The highest BCUT2D eigenvalue weighted by molar-refractivity contribution is 4.94. The van der Waals surface area contributed by atoms with E-state index in [1.165, 1.54) is 32.1 Å². The maximum absolute atomic E-state index is 9.49. The molecule has 0 aliphatic heterocycles. The first-order valence-corrected chi connectivity index (χ1v) is 5.19. The van der Waals surface area contributed by atoms with Gasteiger partial charge in [0.15, 0.2) is 0 Å². The van der Waals surface area contributed by atoms with Gasteiger partial charge in [0.05, 0.1) is 6.10 Å². The highest BCUT2D eigenvalue weighted by Gasteiger charge is 2.21. The van der Waals surface area contributed by atoms with Gasteiger partial charge in [-0.25, -0.2) is 0 Å². The Labute approximate surface area is 75.5 Å². The molecule has 1 N–H and O–H groups in total. The third-order valence-corrected chi connectivity index (χ3v) is 2.64. The first-order valence-electron chi connectivity index (χ1n) is 5.19. The molecule has 0 unspecified atom stereocenters. The minimum atomic E-state index is -0.0529. The van der Waals surface area contributed by atoms with Crippen LogP contribution in [0.5, 0.6) is 0 Å². The van der Waals surface area contributed by atoms with Crippen LogP contribution in [0, 0.1) is 5.92 Å². The topological polar surface area (TPSA) is 20.2 Å². The summed E-state index contributed by atoms with van der Waals surface area (Å²) in [5.41, 5.74) is 0. The largest absolute Gasteiger partial charge is 0.393 e. The SMILES string of the molecule is CCCC/C=C/[C@H]1CCC[C@H]1O. The average Bonchev–Trinajstić information content (AvgIpc) is 2.46. The van der Waals surface area contributed by atoms with Crippen molar-refractivity contribution in [3.63, 3.8) is 0 Å². The third kappa shape index (κ3) is 2.98. The Morgan fingerprint density at radius 3 is 2.83 bits per heavy atom. The molecule has 0 saturated heterocycles. The van der Waals surface area contributed by atoms with Gasteiger partial charge < -0.3 is 5.11 Å². The molecule has 1 rings (SSSR count). The van der Waals surface area contributed by atoms with Crippen LogP contribution in [0.4, 0.5) is 0 Å². The molecule has 0 aromatic rings. The van der Waals surface area contributed by atoms with Crippen LogP contribution in [0.25, 0.3) is 0 Å². The summed E-state index contributed by atoms with van der Waals surface area (Å²) in [5, 5.41) is 9.49. The standard InChI is InChI=1S/C11H20O/c1-2-3-4-5-7-10-8-6-9-11(10)12/h5,7,10-12H,2-4,6,8-9H2,1H3/b7-5+/t10-,11+/m0/s1. The molecule has 1 nitrogen and oxygen atoms in total. The van der Waals surface area contributed by atoms with E-state index in [1.54, 1.807) is 0 Å². The number of hydrogen-bond acceptors (Lipinski definition) is 1. The number of aliphatic hydroxyl groups is 1. The molecule has 1 aliphatic rings. The van der Waals surface area contributed by atoms with Gasteiger partial charge in [0.1, 0.15) is 0 Å². The van der Waals surface area contributed by atoms with Crippen molar-refractivity contribution in [3.05, 3.63) is 12.2 Å². The normalized spacial score (nSPS) is 30.2. The first kappa shape index (κ1) is 9.79. The molecule has 70 valence electrons. The highest BCUT2D eigenvalue weighted by atomic mass is 16.3. The second-order valence-corrected chi connectivity index (χ2v) is 3.73. The van der Waals surface area contributed by atoms with E-state index in [0.29, 0.717) is 5.92 Å². The third-order valence-electron chi connectivity index (χ3n) is 2.64. The Bertz CT molecular complexity index is 140. The highest BCUT2D eigenvalue weighted by Crippen LogP contribution is 2.26. The zero-order valence-corrected chi connectivity index (χ0v) is 8.00. The Morgan fingerprint density at radius 1 is 1.42 bits per heavy atom. The van der Waals surface area contributed by atoms with Gasteiger partial charge in [-0.3, -0.25) is 0 Å². The van der Waals surface area contributed by atoms with Gasteiger partial charge in [-0.05, 0) is 19.3 Å². The van der Waals surface area contributed by atoms with E-state index < -0.39 is 0 Å². The number of rotatable bonds is 4. The fraction of sp³-hybridized carbons (Fsp3) is 0.818. The number of unbranched alkanes of at least 4 members (excludes halogenated alkanes) is 2. The molecule has 0 bridgehead atoms. The summed E-state index contributed by atoms with van der Waals surface area (Å²) >= 11 is 0. The van der Waals surface area contributed by atoms with Gasteiger partial charge >= 0.3 is 0 Å². The van der Waals surface area contributed by atoms with Gasteiger partial charge in [0.2, 0.25) is 0 Å². The van der Waals surface area contributed by atoms with Crippen molar-refractivity contribution >= 4 is 0 Å². The van der Waals surface area contributed by atoms with Crippen molar-refractivity contribution in [1.82, 2.24) is 0 Å². The van der Waals surface area contributed by atoms with E-state index in [4.69, 9.17) is 0 Å². The fourth-order valence-electron chi connectivity index (χ4n) is 1.79. The molecule has 1 heteroatoms. The van der Waals surface area contributed by atoms with Gasteiger partial charge in [0, 0.05) is 5.92 Å². The van der Waals surface area contributed by atoms with E-state index in [0.717, 1.165) is 6.42 Å². The first-order chi connectivity index (χ1) is 5.84. The quantitative estimate of drug-likeness (QED) is 0.505. The van der Waals surface area contributed by atoms with Crippen LogP contribution in [0.15, 0.2) is 12.2 Å². The number of aliphatic hydroxyl groups excluding tert-OH is 1. The number of hydrogen-bond donors (Lipinski definition) is 1. The Kier molecular flexibility index (Phi) is 4.37. The lowest BCUT2D eigenvalue weighted by Gasteiger charge is -2.07. The van der Waals surface area contributed by atoms with Gasteiger partial charge in [0.25, 0.3) is 0 Å². The van der Waals surface area contributed by atoms with E-state index >= 15 is 0 Å². The maximum Gasteiger partial charge on any atom is 0.0602 e. The molecule has 0 aromatic carbocycles. The summed E-state index contributed by atoms with van der Waals surface area (Å²) in [6.07, 6.45) is 11.5. The summed E-state index contributed by atoms with van der Waals surface area (Å²) < 4.78 is 0. The lowest BCUT2D eigenvalue weighted by Crippen LogP contribution is -2.09. The van der Waals surface area contributed by atoms with E-state index in [1.807, 2.05) is 0 Å². The molecule has 1 saturated carbocycles. The van der Waals surface area contributed by atoms with Gasteiger partial charge in [-0.15, -0.1) is 0 Å². The molecule has 0 amide bonds. The summed E-state index contributed by atoms with van der Waals surface area (Å²) in [5.74, 6) is 0.460. The zero-order valence-electron chi connectivity index (χ0n) is 8.00. The monoisotopic (exact) mass is 168 g/mol. The smallest absolute Gasteiger partial charge is 0.0602 e. The lowest BCUT2D eigenvalue weighted by molar-refractivity contribution is 0.153. The summed E-state index contributed by atoms with van der Waals surface area (Å²) in [6, 6.07) is 0. The van der Waals surface area contributed by atoms with E-state index in [9.17, 15) is 5.11 Å². The summed E-state index contributed by atoms with van der Waals surface area (Å²) in [6.45, 7) is 2.21. The van der Waals surface area contributed by atoms with Crippen molar-refractivity contribution in [1.29, 1.82) is 0 Å². The predicted octanol–water partition coefficient (Wildman–Crippen LogP) is 2.89. The Morgan fingerprint density at radius 2 is 2.25 bits per heavy atom. The van der Waals surface area contributed by atoms with Crippen LogP contribution in [0.1, 0.15) is 45.4 Å². The molecule has 0 aromatic heterocycles. The lowest BCUT2D eigenvalue weighted by atomic mass is 10.0. The molecule has 12 heavy (non-hydrogen) atoms. The fourth-order valence-corrected chi connectivity index (χ4v) is 1.79. The van der Waals surface area contributed by atoms with Crippen LogP contribution in [0.3, 0.4) is 0 Å². The predicted molar refractivity (Wildman–Crippen MR) is 52.0 cm³/mol. The molecule has 1 fully saturated rings. The van der Waals surface area contributed by atoms with Crippen LogP contribution in [-0.2, 0) is 0 Å². The van der Waals surface area contributed by atoms with Crippen LogP contribution >= 0.6 is 0 Å². The Hall–Kier alpha value is -0.300. The van der Waals surface area contributed by atoms with Crippen LogP contribution in [-0.4, -0.2) is 11.2 Å². The molecular formula is C11H20O. The second kappa shape index (κ2) is 5.36. The van der Waals surface area contributed by atoms with Crippen molar-refractivity contribution in [2.45, 2.75) is 51.6 Å². The molecule has 0 radical (unpaired) electrons. The van der Waals surface area contributed by atoms with Crippen LogP contribution in [0.2, 0.25) is 0 Å². The second-order valence-electron chi connectivity index (χ2n) is 3.73. The zero-order chi connectivity index (χ0) is 8.81. The Balaban J connectivity index is 2.16. The molecular weight excluding hydrogens is 148 g/mol. The van der Waals surface area contributed by atoms with Crippen molar-refractivity contribution in [3.8, 4) is 0 Å². The number of allylic oxidation sites excluding steroid dienone is 1.